The number of nitrogens with zero attached hydrogens (tertiary/aromatic N) is 1. The second kappa shape index (κ2) is 10.4. The van der Waals surface area contributed by atoms with Crippen molar-refractivity contribution in [2.45, 2.75) is 4.90 Å². The molecule has 4 aromatic rings. The first kappa shape index (κ1) is 22.6. The number of hydrogen-bond donors (Lipinski definition) is 2. The normalized spacial score (nSPS) is 10.6. The van der Waals surface area contributed by atoms with Gasteiger partial charge in [-0.25, -0.2) is 4.98 Å². The summed E-state index contributed by atoms with van der Waals surface area (Å²) < 4.78 is 11.3. The van der Waals surface area contributed by atoms with E-state index in [9.17, 15) is 9.59 Å². The number of carbonyl (C=O) groups is 2. The van der Waals surface area contributed by atoms with E-state index in [0.29, 0.717) is 22.1 Å². The van der Waals surface area contributed by atoms with E-state index in [-0.39, 0.29) is 17.6 Å². The van der Waals surface area contributed by atoms with Crippen molar-refractivity contribution in [1.29, 1.82) is 0 Å². The molecule has 2 N–H and O–H groups in total. The fourth-order valence-electron chi connectivity index (χ4n) is 3.00. The van der Waals surface area contributed by atoms with E-state index in [1.807, 2.05) is 36.4 Å². The molecule has 0 aliphatic heterocycles. The standard InChI is InChI=1S/C24H21N3O4S2/c1-30-17-8-6-15(7-9-17)23(29)25-16-4-3-5-19(12-16)32-14-22(28)27-24-26-20-11-10-18(31-2)13-21(20)33-24/h3-13H,14H2,1-2H3,(H,25,29)(H,26,27,28). The van der Waals surface area contributed by atoms with Crippen LogP contribution >= 0.6 is 23.1 Å². The Morgan fingerprint density at radius 1 is 0.939 bits per heavy atom. The molecule has 0 atom stereocenters. The second-order valence-corrected chi connectivity index (χ2v) is 8.98. The Morgan fingerprint density at radius 3 is 2.45 bits per heavy atom. The van der Waals surface area contributed by atoms with E-state index >= 15 is 0 Å². The zero-order valence-electron chi connectivity index (χ0n) is 18.0. The number of ether oxygens (including phenoxy) is 2. The third kappa shape index (κ3) is 5.82. The maximum absolute atomic E-state index is 12.5. The Hall–Kier alpha value is -3.56. The van der Waals surface area contributed by atoms with Crippen molar-refractivity contribution in [2.75, 3.05) is 30.6 Å². The zero-order valence-corrected chi connectivity index (χ0v) is 19.6. The lowest BCUT2D eigenvalue weighted by Gasteiger charge is -2.08. The molecule has 0 unspecified atom stereocenters. The first-order valence-electron chi connectivity index (χ1n) is 9.97. The van der Waals surface area contributed by atoms with Gasteiger partial charge in [-0.15, -0.1) is 11.8 Å². The zero-order chi connectivity index (χ0) is 23.2. The van der Waals surface area contributed by atoms with Crippen LogP contribution in [0.5, 0.6) is 11.5 Å². The van der Waals surface area contributed by atoms with Gasteiger partial charge in [0.15, 0.2) is 5.13 Å². The second-order valence-electron chi connectivity index (χ2n) is 6.90. The minimum absolute atomic E-state index is 0.154. The SMILES string of the molecule is COc1ccc(C(=O)Nc2cccc(SCC(=O)Nc3nc4ccc(OC)cc4s3)c2)cc1. The van der Waals surface area contributed by atoms with Crippen molar-refractivity contribution in [2.24, 2.45) is 0 Å². The smallest absolute Gasteiger partial charge is 0.255 e. The Bertz CT molecular complexity index is 1290. The van der Waals surface area contributed by atoms with Crippen molar-refractivity contribution in [1.82, 2.24) is 4.98 Å². The molecule has 0 aliphatic rings. The molecule has 4 rings (SSSR count). The Morgan fingerprint density at radius 2 is 1.70 bits per heavy atom. The number of nitrogens with one attached hydrogen (secondary N) is 2. The summed E-state index contributed by atoms with van der Waals surface area (Å²) in [6.07, 6.45) is 0. The van der Waals surface area contributed by atoms with Gasteiger partial charge in [-0.1, -0.05) is 17.4 Å². The number of thiazole rings is 1. The molecule has 0 fully saturated rings. The molecule has 0 spiro atoms. The first-order chi connectivity index (χ1) is 16.0. The number of fused-ring (bicyclic) bond motifs is 1. The van der Waals surface area contributed by atoms with Crippen LogP contribution in [-0.2, 0) is 4.79 Å². The highest BCUT2D eigenvalue weighted by Crippen LogP contribution is 2.29. The van der Waals surface area contributed by atoms with Crippen LogP contribution in [-0.4, -0.2) is 36.8 Å². The van der Waals surface area contributed by atoms with Crippen molar-refractivity contribution >= 4 is 55.9 Å². The van der Waals surface area contributed by atoms with Crippen LogP contribution < -0.4 is 20.1 Å². The molecule has 3 aromatic carbocycles. The molecule has 0 aliphatic carbocycles. The van der Waals surface area contributed by atoms with Crippen LogP contribution in [0.4, 0.5) is 10.8 Å². The summed E-state index contributed by atoms with van der Waals surface area (Å²) in [5.74, 6) is 1.28. The lowest BCUT2D eigenvalue weighted by molar-refractivity contribution is -0.113. The first-order valence-corrected chi connectivity index (χ1v) is 11.8. The Labute approximate surface area is 199 Å². The van der Waals surface area contributed by atoms with Gasteiger partial charge >= 0.3 is 0 Å². The molecule has 0 radical (unpaired) electrons. The number of thioether (sulfide) groups is 1. The number of hydrogen-bond acceptors (Lipinski definition) is 7. The molecule has 1 heterocycles. The predicted octanol–water partition coefficient (Wildman–Crippen LogP) is 5.30. The molecule has 7 nitrogen and oxygen atoms in total. The molecular formula is C24H21N3O4S2. The highest BCUT2D eigenvalue weighted by atomic mass is 32.2. The lowest BCUT2D eigenvalue weighted by Crippen LogP contribution is -2.14. The molecule has 0 bridgehead atoms. The van der Waals surface area contributed by atoms with Crippen molar-refractivity contribution in [3.05, 3.63) is 72.3 Å². The van der Waals surface area contributed by atoms with Gasteiger partial charge in [0.25, 0.3) is 5.91 Å². The van der Waals surface area contributed by atoms with Crippen LogP contribution in [0.1, 0.15) is 10.4 Å². The van der Waals surface area contributed by atoms with Crippen molar-refractivity contribution < 1.29 is 19.1 Å². The summed E-state index contributed by atoms with van der Waals surface area (Å²) in [7, 11) is 3.19. The van der Waals surface area contributed by atoms with Crippen LogP contribution in [0.15, 0.2) is 71.6 Å². The third-order valence-corrected chi connectivity index (χ3v) is 6.58. The number of carbonyl (C=O) groups excluding carboxylic acids is 2. The molecule has 168 valence electrons. The summed E-state index contributed by atoms with van der Waals surface area (Å²) in [5.41, 5.74) is 1.99. The highest BCUT2D eigenvalue weighted by molar-refractivity contribution is 8.00. The number of methoxy groups -OCH3 is 2. The predicted molar refractivity (Wildman–Crippen MR) is 133 cm³/mol. The summed E-state index contributed by atoms with van der Waals surface area (Å²) in [5, 5.41) is 6.26. The number of anilines is 2. The monoisotopic (exact) mass is 479 g/mol. The van der Waals surface area contributed by atoms with Gasteiger partial charge in [0.1, 0.15) is 11.5 Å². The van der Waals surface area contributed by atoms with E-state index in [1.54, 1.807) is 44.6 Å². The van der Waals surface area contributed by atoms with Gasteiger partial charge < -0.3 is 20.1 Å². The summed E-state index contributed by atoms with van der Waals surface area (Å²) in [6, 6.07) is 19.8. The van der Waals surface area contributed by atoms with Crippen molar-refractivity contribution in [3.8, 4) is 11.5 Å². The maximum Gasteiger partial charge on any atom is 0.255 e. The van der Waals surface area contributed by atoms with Gasteiger partial charge in [-0.3, -0.25) is 9.59 Å². The van der Waals surface area contributed by atoms with Gasteiger partial charge in [0.05, 0.1) is 30.2 Å². The topological polar surface area (TPSA) is 89.5 Å². The Balaban J connectivity index is 1.33. The fraction of sp³-hybridized carbons (Fsp3) is 0.125. The van der Waals surface area contributed by atoms with E-state index < -0.39 is 0 Å². The quantitative estimate of drug-likeness (QED) is 0.334. The lowest BCUT2D eigenvalue weighted by atomic mass is 10.2. The van der Waals surface area contributed by atoms with E-state index in [2.05, 4.69) is 15.6 Å². The number of aromatic nitrogens is 1. The summed E-state index contributed by atoms with van der Waals surface area (Å²) in [6.45, 7) is 0. The van der Waals surface area contributed by atoms with E-state index in [1.165, 1.54) is 23.1 Å². The van der Waals surface area contributed by atoms with Crippen molar-refractivity contribution in [3.63, 3.8) is 0 Å². The number of rotatable bonds is 8. The molecule has 0 saturated heterocycles. The van der Waals surface area contributed by atoms with Gasteiger partial charge in [-0.2, -0.15) is 0 Å². The fourth-order valence-corrected chi connectivity index (χ4v) is 4.66. The van der Waals surface area contributed by atoms with Crippen LogP contribution in [0.3, 0.4) is 0 Å². The summed E-state index contributed by atoms with van der Waals surface area (Å²) >= 11 is 2.78. The molecule has 33 heavy (non-hydrogen) atoms. The van der Waals surface area contributed by atoms with E-state index in [0.717, 1.165) is 20.9 Å². The molecule has 1 aromatic heterocycles. The minimum atomic E-state index is -0.218. The van der Waals surface area contributed by atoms with Crippen LogP contribution in [0, 0.1) is 0 Å². The highest BCUT2D eigenvalue weighted by Gasteiger charge is 2.11. The number of benzene rings is 3. The Kier molecular flexibility index (Phi) is 7.11. The maximum atomic E-state index is 12.5. The molecule has 2 amide bonds. The molecule has 0 saturated carbocycles. The minimum Gasteiger partial charge on any atom is -0.497 e. The average molecular weight is 480 g/mol. The summed E-state index contributed by atoms with van der Waals surface area (Å²) in [4.78, 5) is 30.2. The van der Waals surface area contributed by atoms with Gasteiger partial charge in [-0.05, 0) is 60.7 Å². The molecule has 9 heteroatoms. The number of amides is 2. The molecular weight excluding hydrogens is 458 g/mol. The average Bonchev–Trinajstić information content (AvgIpc) is 3.24. The third-order valence-electron chi connectivity index (χ3n) is 4.66. The van der Waals surface area contributed by atoms with Gasteiger partial charge in [0, 0.05) is 16.1 Å². The van der Waals surface area contributed by atoms with Crippen LogP contribution in [0.2, 0.25) is 0 Å². The van der Waals surface area contributed by atoms with Crippen LogP contribution in [0.25, 0.3) is 10.2 Å². The largest absolute Gasteiger partial charge is 0.497 e. The van der Waals surface area contributed by atoms with E-state index in [4.69, 9.17) is 9.47 Å². The van der Waals surface area contributed by atoms with Gasteiger partial charge in [0.2, 0.25) is 5.91 Å².